The molecule has 0 fully saturated rings. The number of nitrogens with zero attached hydrogens (tertiary/aromatic N) is 1. The fourth-order valence-electron chi connectivity index (χ4n) is 2.16. The Morgan fingerprint density at radius 3 is 2.35 bits per heavy atom. The van der Waals surface area contributed by atoms with Crippen LogP contribution in [0, 0.1) is 0 Å². The van der Waals surface area contributed by atoms with Crippen molar-refractivity contribution in [3.05, 3.63) is 59.1 Å². The number of carbonyl (C=O) groups excluding carboxylic acids is 1. The maximum atomic E-state index is 12.3. The predicted octanol–water partition coefficient (Wildman–Crippen LogP) is 3.95. The molecule has 1 atom stereocenters. The SMILES string of the molecule is COc1ccccc1OCC(=O)N(C)C(C)c1ccc(Cl)cc1. The quantitative estimate of drug-likeness (QED) is 0.803. The molecule has 0 aliphatic heterocycles. The van der Waals surface area contributed by atoms with Crippen LogP contribution < -0.4 is 9.47 Å². The van der Waals surface area contributed by atoms with Crippen LogP contribution in [0.15, 0.2) is 48.5 Å². The number of carbonyl (C=O) groups is 1. The highest BCUT2D eigenvalue weighted by molar-refractivity contribution is 6.30. The summed E-state index contributed by atoms with van der Waals surface area (Å²) < 4.78 is 10.8. The first-order chi connectivity index (χ1) is 11.0. The van der Waals surface area contributed by atoms with Crippen molar-refractivity contribution in [3.8, 4) is 11.5 Å². The lowest BCUT2D eigenvalue weighted by Gasteiger charge is -2.25. The van der Waals surface area contributed by atoms with Gasteiger partial charge in [0.25, 0.3) is 5.91 Å². The summed E-state index contributed by atoms with van der Waals surface area (Å²) in [4.78, 5) is 14.0. The molecule has 23 heavy (non-hydrogen) atoms. The second-order valence-corrected chi connectivity index (χ2v) is 5.61. The van der Waals surface area contributed by atoms with Crippen molar-refractivity contribution < 1.29 is 14.3 Å². The second kappa shape index (κ2) is 7.88. The zero-order valence-electron chi connectivity index (χ0n) is 13.5. The van der Waals surface area contributed by atoms with E-state index in [0.717, 1.165) is 5.56 Å². The molecular weight excluding hydrogens is 314 g/mol. The molecular formula is C18H20ClNO3. The number of amides is 1. The Hall–Kier alpha value is -2.20. The molecule has 0 saturated carbocycles. The zero-order valence-corrected chi connectivity index (χ0v) is 14.2. The summed E-state index contributed by atoms with van der Waals surface area (Å²) in [5, 5.41) is 0.675. The normalized spacial score (nSPS) is 11.7. The van der Waals surface area contributed by atoms with Crippen LogP contribution in [0.2, 0.25) is 5.02 Å². The highest BCUT2D eigenvalue weighted by atomic mass is 35.5. The van der Waals surface area contributed by atoms with E-state index >= 15 is 0 Å². The van der Waals surface area contributed by atoms with E-state index in [9.17, 15) is 4.79 Å². The van der Waals surface area contributed by atoms with Gasteiger partial charge in [0.05, 0.1) is 13.2 Å². The van der Waals surface area contributed by atoms with E-state index < -0.39 is 0 Å². The number of halogens is 1. The molecule has 0 bridgehead atoms. The zero-order chi connectivity index (χ0) is 16.8. The van der Waals surface area contributed by atoms with E-state index in [1.165, 1.54) is 0 Å². The van der Waals surface area contributed by atoms with E-state index in [0.29, 0.717) is 16.5 Å². The monoisotopic (exact) mass is 333 g/mol. The molecule has 0 radical (unpaired) electrons. The molecule has 2 aromatic rings. The first-order valence-electron chi connectivity index (χ1n) is 7.30. The van der Waals surface area contributed by atoms with Crippen molar-refractivity contribution in [1.82, 2.24) is 4.90 Å². The van der Waals surface area contributed by atoms with E-state index in [1.807, 2.05) is 43.3 Å². The van der Waals surface area contributed by atoms with Gasteiger partial charge < -0.3 is 14.4 Å². The van der Waals surface area contributed by atoms with Crippen molar-refractivity contribution in [2.24, 2.45) is 0 Å². The Morgan fingerprint density at radius 1 is 1.13 bits per heavy atom. The van der Waals surface area contributed by atoms with Gasteiger partial charge in [0.2, 0.25) is 0 Å². The van der Waals surface area contributed by atoms with Crippen LogP contribution in [-0.4, -0.2) is 31.6 Å². The molecule has 1 amide bonds. The minimum absolute atomic E-state index is 0.0468. The van der Waals surface area contributed by atoms with E-state index in [1.54, 1.807) is 31.2 Å². The highest BCUT2D eigenvalue weighted by Gasteiger charge is 2.18. The average molecular weight is 334 g/mol. The second-order valence-electron chi connectivity index (χ2n) is 5.17. The topological polar surface area (TPSA) is 38.8 Å². The molecule has 0 saturated heterocycles. The summed E-state index contributed by atoms with van der Waals surface area (Å²) in [6, 6.07) is 14.6. The summed E-state index contributed by atoms with van der Waals surface area (Å²) in [5.41, 5.74) is 1.02. The molecule has 0 N–H and O–H groups in total. The van der Waals surface area contributed by atoms with Gasteiger partial charge in [-0.05, 0) is 36.8 Å². The largest absolute Gasteiger partial charge is 0.493 e. The third-order valence-electron chi connectivity index (χ3n) is 3.75. The number of benzene rings is 2. The van der Waals surface area contributed by atoms with Gasteiger partial charge in [0.1, 0.15) is 0 Å². The number of likely N-dealkylation sites (N-methyl/N-ethyl adjacent to an activating group) is 1. The van der Waals surface area contributed by atoms with Crippen LogP contribution in [0.5, 0.6) is 11.5 Å². The number of ether oxygens (including phenoxy) is 2. The molecule has 0 aromatic heterocycles. The number of rotatable bonds is 6. The first kappa shape index (κ1) is 17.2. The third-order valence-corrected chi connectivity index (χ3v) is 4.00. The van der Waals surface area contributed by atoms with Crippen LogP contribution in [0.3, 0.4) is 0 Å². The van der Waals surface area contributed by atoms with Crippen molar-refractivity contribution >= 4 is 17.5 Å². The maximum absolute atomic E-state index is 12.3. The van der Waals surface area contributed by atoms with Crippen molar-refractivity contribution in [2.75, 3.05) is 20.8 Å². The lowest BCUT2D eigenvalue weighted by Crippen LogP contribution is -2.33. The summed E-state index contributed by atoms with van der Waals surface area (Å²) in [6.45, 7) is 1.92. The summed E-state index contributed by atoms with van der Waals surface area (Å²) >= 11 is 5.89. The summed E-state index contributed by atoms with van der Waals surface area (Å²) in [7, 11) is 3.33. The van der Waals surface area contributed by atoms with Crippen LogP contribution in [0.25, 0.3) is 0 Å². The van der Waals surface area contributed by atoms with Gasteiger partial charge >= 0.3 is 0 Å². The van der Waals surface area contributed by atoms with Gasteiger partial charge in [-0.3, -0.25) is 4.79 Å². The fourth-order valence-corrected chi connectivity index (χ4v) is 2.29. The van der Waals surface area contributed by atoms with Crippen LogP contribution in [0.1, 0.15) is 18.5 Å². The van der Waals surface area contributed by atoms with Gasteiger partial charge in [-0.2, -0.15) is 0 Å². The van der Waals surface area contributed by atoms with E-state index in [2.05, 4.69) is 0 Å². The molecule has 2 rings (SSSR count). The minimum atomic E-state index is -0.113. The summed E-state index contributed by atoms with van der Waals surface area (Å²) in [5.74, 6) is 1.04. The van der Waals surface area contributed by atoms with Crippen molar-refractivity contribution in [1.29, 1.82) is 0 Å². The van der Waals surface area contributed by atoms with Crippen LogP contribution >= 0.6 is 11.6 Å². The molecule has 122 valence electrons. The molecule has 1 unspecified atom stereocenters. The molecule has 2 aromatic carbocycles. The third kappa shape index (κ3) is 4.39. The van der Waals surface area contributed by atoms with Crippen molar-refractivity contribution in [3.63, 3.8) is 0 Å². The van der Waals surface area contributed by atoms with E-state index in [-0.39, 0.29) is 18.6 Å². The van der Waals surface area contributed by atoms with Gasteiger partial charge in [-0.15, -0.1) is 0 Å². The number of hydrogen-bond acceptors (Lipinski definition) is 3. The molecule has 0 heterocycles. The molecule has 0 spiro atoms. The average Bonchev–Trinajstić information content (AvgIpc) is 2.59. The Labute approximate surface area is 141 Å². The number of hydrogen-bond donors (Lipinski definition) is 0. The lowest BCUT2D eigenvalue weighted by atomic mass is 10.1. The van der Waals surface area contributed by atoms with Gasteiger partial charge in [0, 0.05) is 12.1 Å². The van der Waals surface area contributed by atoms with E-state index in [4.69, 9.17) is 21.1 Å². The van der Waals surface area contributed by atoms with Crippen molar-refractivity contribution in [2.45, 2.75) is 13.0 Å². The first-order valence-corrected chi connectivity index (χ1v) is 7.67. The minimum Gasteiger partial charge on any atom is -0.493 e. The van der Waals surface area contributed by atoms with Gasteiger partial charge in [-0.1, -0.05) is 35.9 Å². The van der Waals surface area contributed by atoms with Crippen LogP contribution in [0.4, 0.5) is 0 Å². The van der Waals surface area contributed by atoms with Crippen LogP contribution in [-0.2, 0) is 4.79 Å². The van der Waals surface area contributed by atoms with Gasteiger partial charge in [-0.25, -0.2) is 0 Å². The number of methoxy groups -OCH3 is 1. The molecule has 4 nitrogen and oxygen atoms in total. The highest BCUT2D eigenvalue weighted by Crippen LogP contribution is 2.26. The Morgan fingerprint density at radius 2 is 1.74 bits per heavy atom. The Balaban J connectivity index is 1.98. The number of para-hydroxylation sites is 2. The standard InChI is InChI=1S/C18H20ClNO3/c1-13(14-8-10-15(19)11-9-14)20(2)18(21)12-23-17-7-5-4-6-16(17)22-3/h4-11,13H,12H2,1-3H3. The van der Waals surface area contributed by atoms with Gasteiger partial charge in [0.15, 0.2) is 18.1 Å². The summed E-state index contributed by atoms with van der Waals surface area (Å²) in [6.07, 6.45) is 0. The smallest absolute Gasteiger partial charge is 0.260 e. The molecule has 5 heteroatoms. The predicted molar refractivity (Wildman–Crippen MR) is 91.1 cm³/mol. The fraction of sp³-hybridized carbons (Fsp3) is 0.278. The Bertz CT molecular complexity index is 658. The Kier molecular flexibility index (Phi) is 5.88. The maximum Gasteiger partial charge on any atom is 0.260 e. The molecule has 0 aliphatic rings. The molecule has 0 aliphatic carbocycles. The lowest BCUT2D eigenvalue weighted by molar-refractivity contribution is -0.134.